The molecule has 0 radical (unpaired) electrons. The zero-order valence-electron chi connectivity index (χ0n) is 10.8. The van der Waals surface area contributed by atoms with Crippen LogP contribution >= 0.6 is 15.9 Å². The summed E-state index contributed by atoms with van der Waals surface area (Å²) in [6, 6.07) is 1.68. The average molecular weight is 316 g/mol. The van der Waals surface area contributed by atoms with Crippen LogP contribution in [0.4, 0.5) is 5.82 Å². The molecule has 0 aliphatic heterocycles. The maximum Gasteiger partial charge on any atom is 0.257 e. The van der Waals surface area contributed by atoms with Crippen LogP contribution in [0.15, 0.2) is 16.7 Å². The van der Waals surface area contributed by atoms with Crippen LogP contribution in [-0.4, -0.2) is 42.1 Å². The van der Waals surface area contributed by atoms with Crippen molar-refractivity contribution in [2.45, 2.75) is 19.9 Å². The van der Waals surface area contributed by atoms with E-state index in [0.717, 1.165) is 4.47 Å². The van der Waals surface area contributed by atoms with Crippen molar-refractivity contribution < 1.29 is 9.53 Å². The maximum absolute atomic E-state index is 12.4. The number of anilines is 1. The lowest BCUT2D eigenvalue weighted by Crippen LogP contribution is -2.41. The first-order valence-corrected chi connectivity index (χ1v) is 6.51. The standard InChI is InChI=1S/C12H18BrN3O2/c1-4-16(8(2)7-18-3)12(17)10-5-9(13)6-15-11(10)14/h5-6,8H,4,7H2,1-3H3,(H2,14,15). The minimum absolute atomic E-state index is 0.00844. The van der Waals surface area contributed by atoms with E-state index in [2.05, 4.69) is 20.9 Å². The molecule has 0 bridgehead atoms. The fraction of sp³-hybridized carbons (Fsp3) is 0.500. The molecule has 100 valence electrons. The van der Waals surface area contributed by atoms with Crippen LogP contribution in [0, 0.1) is 0 Å². The summed E-state index contributed by atoms with van der Waals surface area (Å²) in [4.78, 5) is 18.1. The van der Waals surface area contributed by atoms with Gasteiger partial charge in [0.25, 0.3) is 5.91 Å². The second-order valence-electron chi connectivity index (χ2n) is 3.98. The van der Waals surface area contributed by atoms with Crippen molar-refractivity contribution in [1.82, 2.24) is 9.88 Å². The Morgan fingerprint density at radius 3 is 2.89 bits per heavy atom. The molecule has 18 heavy (non-hydrogen) atoms. The Morgan fingerprint density at radius 1 is 1.67 bits per heavy atom. The van der Waals surface area contributed by atoms with Crippen molar-refractivity contribution in [3.63, 3.8) is 0 Å². The van der Waals surface area contributed by atoms with Crippen LogP contribution in [0.5, 0.6) is 0 Å². The van der Waals surface area contributed by atoms with Gasteiger partial charge in [0.15, 0.2) is 0 Å². The summed E-state index contributed by atoms with van der Waals surface area (Å²) in [6.45, 7) is 4.94. The SMILES string of the molecule is CCN(C(=O)c1cc(Br)cnc1N)C(C)COC. The molecular weight excluding hydrogens is 298 g/mol. The van der Waals surface area contributed by atoms with E-state index in [1.165, 1.54) is 0 Å². The van der Waals surface area contributed by atoms with Gasteiger partial charge in [0.2, 0.25) is 0 Å². The molecule has 0 fully saturated rings. The highest BCUT2D eigenvalue weighted by atomic mass is 79.9. The predicted octanol–water partition coefficient (Wildman–Crippen LogP) is 1.92. The number of methoxy groups -OCH3 is 1. The van der Waals surface area contributed by atoms with Crippen molar-refractivity contribution in [2.75, 3.05) is 26.0 Å². The van der Waals surface area contributed by atoms with Gasteiger partial charge in [0, 0.05) is 24.3 Å². The molecular formula is C12H18BrN3O2. The van der Waals surface area contributed by atoms with Crippen LogP contribution in [-0.2, 0) is 4.74 Å². The second-order valence-corrected chi connectivity index (χ2v) is 4.90. The number of rotatable bonds is 5. The van der Waals surface area contributed by atoms with Gasteiger partial charge in [-0.15, -0.1) is 0 Å². The summed E-state index contributed by atoms with van der Waals surface area (Å²) in [5.74, 6) is 0.111. The molecule has 0 saturated carbocycles. The van der Waals surface area contributed by atoms with Crippen LogP contribution in [0.1, 0.15) is 24.2 Å². The number of nitrogens with zero attached hydrogens (tertiary/aromatic N) is 2. The number of halogens is 1. The van der Waals surface area contributed by atoms with Gasteiger partial charge in [-0.1, -0.05) is 0 Å². The van der Waals surface area contributed by atoms with Crippen LogP contribution in [0.2, 0.25) is 0 Å². The van der Waals surface area contributed by atoms with Gasteiger partial charge in [-0.05, 0) is 35.8 Å². The molecule has 2 N–H and O–H groups in total. The number of hydrogen-bond acceptors (Lipinski definition) is 4. The van der Waals surface area contributed by atoms with E-state index in [-0.39, 0.29) is 17.8 Å². The molecule has 6 heteroatoms. The normalized spacial score (nSPS) is 12.2. The first-order chi connectivity index (χ1) is 8.51. The molecule has 1 aromatic rings. The zero-order valence-corrected chi connectivity index (χ0v) is 12.4. The quantitative estimate of drug-likeness (QED) is 0.901. The van der Waals surface area contributed by atoms with Gasteiger partial charge in [0.1, 0.15) is 5.82 Å². The van der Waals surface area contributed by atoms with Crippen molar-refractivity contribution in [1.29, 1.82) is 0 Å². The molecule has 0 aliphatic carbocycles. The van der Waals surface area contributed by atoms with E-state index in [1.807, 2.05) is 13.8 Å². The number of amides is 1. The molecule has 1 amide bonds. The van der Waals surface area contributed by atoms with Crippen molar-refractivity contribution in [3.05, 3.63) is 22.3 Å². The summed E-state index contributed by atoms with van der Waals surface area (Å²) in [6.07, 6.45) is 1.57. The molecule has 5 nitrogen and oxygen atoms in total. The van der Waals surface area contributed by atoms with Crippen molar-refractivity contribution in [3.8, 4) is 0 Å². The van der Waals surface area contributed by atoms with E-state index >= 15 is 0 Å². The Hall–Kier alpha value is -1.14. The van der Waals surface area contributed by atoms with Crippen LogP contribution in [0.25, 0.3) is 0 Å². The largest absolute Gasteiger partial charge is 0.383 e. The number of carbonyl (C=O) groups excluding carboxylic acids is 1. The summed E-state index contributed by atoms with van der Waals surface area (Å²) >= 11 is 3.29. The molecule has 1 atom stereocenters. The second kappa shape index (κ2) is 6.70. The van der Waals surface area contributed by atoms with Gasteiger partial charge in [-0.3, -0.25) is 4.79 Å². The van der Waals surface area contributed by atoms with Gasteiger partial charge in [-0.2, -0.15) is 0 Å². The Kier molecular flexibility index (Phi) is 5.55. The number of pyridine rings is 1. The van der Waals surface area contributed by atoms with Crippen molar-refractivity contribution >= 4 is 27.7 Å². The summed E-state index contributed by atoms with van der Waals surface area (Å²) in [7, 11) is 1.61. The van der Waals surface area contributed by atoms with Gasteiger partial charge in [-0.25, -0.2) is 4.98 Å². The first kappa shape index (κ1) is 14.9. The number of likely N-dealkylation sites (N-methyl/N-ethyl adjacent to an activating group) is 1. The number of hydrogen-bond donors (Lipinski definition) is 1. The highest BCUT2D eigenvalue weighted by Crippen LogP contribution is 2.18. The third-order valence-electron chi connectivity index (χ3n) is 2.66. The number of aromatic nitrogens is 1. The third kappa shape index (κ3) is 3.43. The predicted molar refractivity (Wildman–Crippen MR) is 74.4 cm³/mol. The average Bonchev–Trinajstić information content (AvgIpc) is 2.33. The fourth-order valence-corrected chi connectivity index (χ4v) is 2.09. The van der Waals surface area contributed by atoms with Crippen LogP contribution < -0.4 is 5.73 Å². The molecule has 1 rings (SSSR count). The highest BCUT2D eigenvalue weighted by molar-refractivity contribution is 9.10. The molecule has 0 aromatic carbocycles. The van der Waals surface area contributed by atoms with Gasteiger partial charge in [0.05, 0.1) is 18.2 Å². The Bertz CT molecular complexity index is 426. The summed E-state index contributed by atoms with van der Waals surface area (Å²) in [5.41, 5.74) is 6.16. The van der Waals surface area contributed by atoms with Crippen molar-refractivity contribution in [2.24, 2.45) is 0 Å². The molecule has 1 heterocycles. The van der Waals surface area contributed by atoms with E-state index < -0.39 is 0 Å². The third-order valence-corrected chi connectivity index (χ3v) is 3.09. The van der Waals surface area contributed by atoms with E-state index in [1.54, 1.807) is 24.3 Å². The number of nitrogen functional groups attached to an aromatic ring is 1. The fourth-order valence-electron chi connectivity index (χ4n) is 1.76. The minimum Gasteiger partial charge on any atom is -0.383 e. The maximum atomic E-state index is 12.4. The van der Waals surface area contributed by atoms with E-state index in [4.69, 9.17) is 10.5 Å². The molecule has 1 aromatic heterocycles. The Labute approximate surface area is 115 Å². The first-order valence-electron chi connectivity index (χ1n) is 5.72. The zero-order chi connectivity index (χ0) is 13.7. The number of ether oxygens (including phenoxy) is 1. The Morgan fingerprint density at radius 2 is 2.33 bits per heavy atom. The van der Waals surface area contributed by atoms with Gasteiger partial charge < -0.3 is 15.4 Å². The lowest BCUT2D eigenvalue weighted by atomic mass is 10.2. The number of nitrogens with two attached hydrogens (primary N) is 1. The summed E-state index contributed by atoms with van der Waals surface area (Å²) in [5, 5.41) is 0. The monoisotopic (exact) mass is 315 g/mol. The lowest BCUT2D eigenvalue weighted by Gasteiger charge is -2.27. The summed E-state index contributed by atoms with van der Waals surface area (Å²) < 4.78 is 5.81. The van der Waals surface area contributed by atoms with E-state index in [0.29, 0.717) is 18.7 Å². The smallest absolute Gasteiger partial charge is 0.257 e. The Balaban J connectivity index is 2.99. The molecule has 0 saturated heterocycles. The molecule has 0 aliphatic rings. The van der Waals surface area contributed by atoms with Crippen LogP contribution in [0.3, 0.4) is 0 Å². The highest BCUT2D eigenvalue weighted by Gasteiger charge is 2.22. The number of carbonyl (C=O) groups is 1. The lowest BCUT2D eigenvalue weighted by molar-refractivity contribution is 0.0580. The van der Waals surface area contributed by atoms with E-state index in [9.17, 15) is 4.79 Å². The minimum atomic E-state index is -0.131. The van der Waals surface area contributed by atoms with Gasteiger partial charge >= 0.3 is 0 Å². The topological polar surface area (TPSA) is 68.5 Å². The molecule has 0 spiro atoms. The molecule has 1 unspecified atom stereocenters.